The van der Waals surface area contributed by atoms with Crippen LogP contribution in [0.3, 0.4) is 0 Å². The van der Waals surface area contributed by atoms with Gasteiger partial charge in [0.1, 0.15) is 0 Å². The average Bonchev–Trinajstić information content (AvgIpc) is 2.58. The highest BCUT2D eigenvalue weighted by atomic mass is 16.1. The zero-order valence-corrected chi connectivity index (χ0v) is 13.0. The summed E-state index contributed by atoms with van der Waals surface area (Å²) in [5.41, 5.74) is 7.15. The van der Waals surface area contributed by atoms with E-state index in [1.54, 1.807) is 6.92 Å². The van der Waals surface area contributed by atoms with Crippen molar-refractivity contribution in [1.82, 2.24) is 0 Å². The number of amides is 1. The maximum atomic E-state index is 11.2. The van der Waals surface area contributed by atoms with Crippen LogP contribution in [0.4, 0.5) is 0 Å². The van der Waals surface area contributed by atoms with Gasteiger partial charge in [-0.1, -0.05) is 60.7 Å². The Morgan fingerprint density at radius 3 is 2.22 bits per heavy atom. The monoisotopic (exact) mass is 299 g/mol. The summed E-state index contributed by atoms with van der Waals surface area (Å²) < 4.78 is 0. The van der Waals surface area contributed by atoms with Crippen LogP contribution in [-0.2, 0) is 11.2 Å². The standard InChI is InChI=1S/C21H17NO/c1-13(21(22)23)5-6-14-7-8-17-10-9-15-3-2-4-16-11-12-18(14)20(17)19(15)16/h2-5,7-12H,6H2,1H3,(H2,22,23). The van der Waals surface area contributed by atoms with Crippen molar-refractivity contribution < 1.29 is 4.79 Å². The lowest BCUT2D eigenvalue weighted by molar-refractivity contribution is -0.114. The maximum absolute atomic E-state index is 11.2. The van der Waals surface area contributed by atoms with Gasteiger partial charge in [0.25, 0.3) is 0 Å². The van der Waals surface area contributed by atoms with Crippen LogP contribution >= 0.6 is 0 Å². The van der Waals surface area contributed by atoms with Crippen molar-refractivity contribution in [2.24, 2.45) is 5.73 Å². The van der Waals surface area contributed by atoms with Gasteiger partial charge in [0.15, 0.2) is 0 Å². The molecule has 0 saturated carbocycles. The van der Waals surface area contributed by atoms with Crippen LogP contribution in [0, 0.1) is 0 Å². The van der Waals surface area contributed by atoms with Crippen LogP contribution < -0.4 is 5.73 Å². The summed E-state index contributed by atoms with van der Waals surface area (Å²) in [6.45, 7) is 1.76. The number of carbonyl (C=O) groups is 1. The second kappa shape index (κ2) is 5.10. The van der Waals surface area contributed by atoms with E-state index in [9.17, 15) is 4.79 Å². The summed E-state index contributed by atoms with van der Waals surface area (Å²) in [5, 5.41) is 7.66. The number of benzene rings is 4. The summed E-state index contributed by atoms with van der Waals surface area (Å²) in [6.07, 6.45) is 2.62. The lowest BCUT2D eigenvalue weighted by Gasteiger charge is -2.13. The molecule has 0 heterocycles. The Morgan fingerprint density at radius 1 is 0.913 bits per heavy atom. The van der Waals surface area contributed by atoms with Crippen LogP contribution in [0.5, 0.6) is 0 Å². The quantitative estimate of drug-likeness (QED) is 0.437. The van der Waals surface area contributed by atoms with Gasteiger partial charge in [-0.05, 0) is 51.2 Å². The Morgan fingerprint density at radius 2 is 1.52 bits per heavy atom. The molecule has 1 amide bonds. The fraction of sp³-hybridized carbons (Fsp3) is 0.0952. The first kappa shape index (κ1) is 13.8. The summed E-state index contributed by atoms with van der Waals surface area (Å²) in [7, 11) is 0. The molecule has 0 aliphatic rings. The minimum atomic E-state index is -0.359. The minimum Gasteiger partial charge on any atom is -0.366 e. The molecule has 2 N–H and O–H groups in total. The first-order chi connectivity index (χ1) is 11.1. The maximum Gasteiger partial charge on any atom is 0.244 e. The predicted molar refractivity (Wildman–Crippen MR) is 96.8 cm³/mol. The Balaban J connectivity index is 2.00. The van der Waals surface area contributed by atoms with E-state index >= 15 is 0 Å². The van der Waals surface area contributed by atoms with Gasteiger partial charge in [-0.25, -0.2) is 0 Å². The topological polar surface area (TPSA) is 43.1 Å². The molecule has 4 aromatic rings. The summed E-state index contributed by atoms with van der Waals surface area (Å²) in [5.74, 6) is -0.359. The number of allylic oxidation sites excluding steroid dienone is 1. The average molecular weight is 299 g/mol. The molecule has 0 aliphatic carbocycles. The summed E-state index contributed by atoms with van der Waals surface area (Å²) in [4.78, 5) is 11.2. The molecule has 0 atom stereocenters. The van der Waals surface area contributed by atoms with Crippen LogP contribution in [0.25, 0.3) is 32.3 Å². The van der Waals surface area contributed by atoms with Crippen molar-refractivity contribution in [1.29, 1.82) is 0 Å². The molecule has 0 bridgehead atoms. The van der Waals surface area contributed by atoms with Crippen molar-refractivity contribution >= 4 is 38.2 Å². The fourth-order valence-electron chi connectivity index (χ4n) is 3.34. The molecule has 4 rings (SSSR count). The highest BCUT2D eigenvalue weighted by Gasteiger charge is 2.10. The Kier molecular flexibility index (Phi) is 3.05. The number of hydrogen-bond acceptors (Lipinski definition) is 1. The molecule has 0 saturated heterocycles. The van der Waals surface area contributed by atoms with Crippen LogP contribution in [-0.4, -0.2) is 5.91 Å². The summed E-state index contributed by atoms with van der Waals surface area (Å²) in [6, 6.07) is 19.5. The molecule has 0 radical (unpaired) electrons. The van der Waals surface area contributed by atoms with Crippen LogP contribution in [0.15, 0.2) is 66.2 Å². The van der Waals surface area contributed by atoms with Gasteiger partial charge in [-0.2, -0.15) is 0 Å². The van der Waals surface area contributed by atoms with Gasteiger partial charge >= 0.3 is 0 Å². The predicted octanol–water partition coefficient (Wildman–Crippen LogP) is 4.56. The van der Waals surface area contributed by atoms with Gasteiger partial charge in [0.2, 0.25) is 5.91 Å². The van der Waals surface area contributed by atoms with Crippen molar-refractivity contribution in [2.75, 3.05) is 0 Å². The Hall–Kier alpha value is -2.87. The van der Waals surface area contributed by atoms with Crippen LogP contribution in [0.1, 0.15) is 12.5 Å². The third-order valence-electron chi connectivity index (χ3n) is 4.64. The lowest BCUT2D eigenvalue weighted by atomic mass is 9.91. The third-order valence-corrected chi connectivity index (χ3v) is 4.64. The minimum absolute atomic E-state index is 0.359. The van der Waals surface area contributed by atoms with Gasteiger partial charge in [-0.3, -0.25) is 4.79 Å². The van der Waals surface area contributed by atoms with Gasteiger partial charge in [0.05, 0.1) is 0 Å². The van der Waals surface area contributed by atoms with E-state index in [2.05, 4.69) is 54.6 Å². The molecule has 2 heteroatoms. The molecule has 0 fully saturated rings. The molecule has 0 aromatic heterocycles. The zero-order valence-electron chi connectivity index (χ0n) is 13.0. The number of rotatable bonds is 3. The number of hydrogen-bond donors (Lipinski definition) is 1. The number of nitrogens with two attached hydrogens (primary N) is 1. The number of carbonyl (C=O) groups excluding carboxylic acids is 1. The lowest BCUT2D eigenvalue weighted by Crippen LogP contribution is -2.11. The smallest absolute Gasteiger partial charge is 0.244 e. The van der Waals surface area contributed by atoms with Crippen molar-refractivity contribution in [3.8, 4) is 0 Å². The second-order valence-electron chi connectivity index (χ2n) is 6.04. The van der Waals surface area contributed by atoms with Gasteiger partial charge in [-0.15, -0.1) is 0 Å². The van der Waals surface area contributed by atoms with E-state index in [0.29, 0.717) is 12.0 Å². The van der Waals surface area contributed by atoms with Crippen LogP contribution in [0.2, 0.25) is 0 Å². The largest absolute Gasteiger partial charge is 0.366 e. The molecular weight excluding hydrogens is 282 g/mol. The number of primary amides is 1. The molecule has 112 valence electrons. The zero-order chi connectivity index (χ0) is 16.0. The first-order valence-corrected chi connectivity index (χ1v) is 7.77. The highest BCUT2D eigenvalue weighted by Crippen LogP contribution is 2.36. The van der Waals surface area contributed by atoms with Crippen molar-refractivity contribution in [3.05, 3.63) is 71.8 Å². The Labute approximate surface area is 134 Å². The molecular formula is C21H17NO. The summed E-state index contributed by atoms with van der Waals surface area (Å²) >= 11 is 0. The van der Waals surface area contributed by atoms with E-state index < -0.39 is 0 Å². The molecule has 0 aliphatic heterocycles. The SMILES string of the molecule is CC(=CCc1ccc2ccc3cccc4ccc1c2c34)C(N)=O. The van der Waals surface area contributed by atoms with E-state index in [4.69, 9.17) is 5.73 Å². The fourth-order valence-corrected chi connectivity index (χ4v) is 3.34. The normalized spacial score (nSPS) is 12.5. The van der Waals surface area contributed by atoms with Crippen molar-refractivity contribution in [3.63, 3.8) is 0 Å². The molecule has 2 nitrogen and oxygen atoms in total. The molecule has 4 aromatic carbocycles. The Bertz CT molecular complexity index is 1060. The molecule has 23 heavy (non-hydrogen) atoms. The van der Waals surface area contributed by atoms with E-state index in [1.165, 1.54) is 37.9 Å². The molecule has 0 unspecified atom stereocenters. The van der Waals surface area contributed by atoms with E-state index in [-0.39, 0.29) is 5.91 Å². The molecule has 0 spiro atoms. The van der Waals surface area contributed by atoms with Gasteiger partial charge < -0.3 is 5.73 Å². The van der Waals surface area contributed by atoms with E-state index in [0.717, 1.165) is 0 Å². The van der Waals surface area contributed by atoms with Gasteiger partial charge in [0, 0.05) is 5.57 Å². The van der Waals surface area contributed by atoms with E-state index in [1.807, 2.05) is 6.08 Å². The first-order valence-electron chi connectivity index (χ1n) is 7.77. The second-order valence-corrected chi connectivity index (χ2v) is 6.04. The van der Waals surface area contributed by atoms with Crippen molar-refractivity contribution in [2.45, 2.75) is 13.3 Å². The third kappa shape index (κ3) is 2.15. The highest BCUT2D eigenvalue weighted by molar-refractivity contribution is 6.23.